The van der Waals surface area contributed by atoms with Gasteiger partial charge in [0.2, 0.25) is 0 Å². The van der Waals surface area contributed by atoms with Crippen LogP contribution in [0.5, 0.6) is 5.75 Å². The molecule has 1 amide bonds. The summed E-state index contributed by atoms with van der Waals surface area (Å²) in [6.07, 6.45) is 3.70. The van der Waals surface area contributed by atoms with Crippen molar-refractivity contribution >= 4 is 11.8 Å². The van der Waals surface area contributed by atoms with Gasteiger partial charge in [0.15, 0.2) is 0 Å². The molecule has 1 aliphatic rings. The van der Waals surface area contributed by atoms with Crippen LogP contribution in [0, 0.1) is 0 Å². The summed E-state index contributed by atoms with van der Waals surface area (Å²) >= 11 is 0. The van der Waals surface area contributed by atoms with Gasteiger partial charge in [-0.05, 0) is 51.3 Å². The SMILES string of the molecule is COc1ccc(C2(N)CCCC2)cc1NC(=O)OC(C)(C)C. The van der Waals surface area contributed by atoms with E-state index < -0.39 is 11.7 Å². The first kappa shape index (κ1) is 16.6. The predicted molar refractivity (Wildman–Crippen MR) is 87.2 cm³/mol. The number of carbonyl (C=O) groups is 1. The van der Waals surface area contributed by atoms with Gasteiger partial charge in [0.05, 0.1) is 12.8 Å². The normalized spacial score (nSPS) is 17.1. The smallest absolute Gasteiger partial charge is 0.412 e. The van der Waals surface area contributed by atoms with Gasteiger partial charge in [-0.15, -0.1) is 0 Å². The number of methoxy groups -OCH3 is 1. The van der Waals surface area contributed by atoms with Crippen LogP contribution < -0.4 is 15.8 Å². The summed E-state index contributed by atoms with van der Waals surface area (Å²) in [5.74, 6) is 0.594. The molecule has 0 radical (unpaired) electrons. The van der Waals surface area contributed by atoms with Gasteiger partial charge in [-0.3, -0.25) is 5.32 Å². The van der Waals surface area contributed by atoms with Crippen LogP contribution in [0.2, 0.25) is 0 Å². The first-order valence-electron chi connectivity index (χ1n) is 7.71. The highest BCUT2D eigenvalue weighted by Crippen LogP contribution is 2.39. The lowest BCUT2D eigenvalue weighted by atomic mass is 9.89. The Morgan fingerprint density at radius 1 is 1.27 bits per heavy atom. The molecule has 0 unspecified atom stereocenters. The van der Waals surface area contributed by atoms with Crippen molar-refractivity contribution in [2.45, 2.75) is 57.6 Å². The van der Waals surface area contributed by atoms with E-state index in [1.807, 2.05) is 39.0 Å². The number of amides is 1. The molecule has 1 fully saturated rings. The Labute approximate surface area is 132 Å². The fourth-order valence-corrected chi connectivity index (χ4v) is 2.82. The second-order valence-corrected chi connectivity index (χ2v) is 6.91. The summed E-state index contributed by atoms with van der Waals surface area (Å²) in [4.78, 5) is 12.0. The van der Waals surface area contributed by atoms with E-state index in [0.717, 1.165) is 31.2 Å². The van der Waals surface area contributed by atoms with E-state index in [-0.39, 0.29) is 5.54 Å². The van der Waals surface area contributed by atoms with Crippen molar-refractivity contribution in [3.8, 4) is 5.75 Å². The van der Waals surface area contributed by atoms with Gasteiger partial charge in [-0.25, -0.2) is 4.79 Å². The summed E-state index contributed by atoms with van der Waals surface area (Å²) in [6, 6.07) is 5.72. The van der Waals surface area contributed by atoms with Crippen LogP contribution in [0.1, 0.15) is 52.0 Å². The maximum atomic E-state index is 12.0. The Balaban J connectivity index is 2.23. The third-order valence-electron chi connectivity index (χ3n) is 3.91. The minimum atomic E-state index is -0.546. The molecule has 1 saturated carbocycles. The largest absolute Gasteiger partial charge is 0.495 e. The number of nitrogens with two attached hydrogens (primary N) is 1. The van der Waals surface area contributed by atoms with E-state index in [2.05, 4.69) is 5.32 Å². The molecule has 0 aromatic heterocycles. The third-order valence-corrected chi connectivity index (χ3v) is 3.91. The fraction of sp³-hybridized carbons (Fsp3) is 0.588. The zero-order valence-corrected chi connectivity index (χ0v) is 13.9. The van der Waals surface area contributed by atoms with Crippen molar-refractivity contribution < 1.29 is 14.3 Å². The average molecular weight is 306 g/mol. The van der Waals surface area contributed by atoms with Crippen LogP contribution in [-0.2, 0) is 10.3 Å². The summed E-state index contributed by atoms with van der Waals surface area (Å²) < 4.78 is 10.6. The van der Waals surface area contributed by atoms with Crippen molar-refractivity contribution in [1.82, 2.24) is 0 Å². The van der Waals surface area contributed by atoms with Crippen LogP contribution in [0.3, 0.4) is 0 Å². The zero-order valence-electron chi connectivity index (χ0n) is 13.9. The highest BCUT2D eigenvalue weighted by Gasteiger charge is 2.32. The quantitative estimate of drug-likeness (QED) is 0.891. The highest BCUT2D eigenvalue weighted by molar-refractivity contribution is 5.87. The van der Waals surface area contributed by atoms with Crippen molar-refractivity contribution in [3.63, 3.8) is 0 Å². The minimum absolute atomic E-state index is 0.309. The van der Waals surface area contributed by atoms with Crippen LogP contribution in [0.4, 0.5) is 10.5 Å². The molecule has 5 heteroatoms. The van der Waals surface area contributed by atoms with E-state index >= 15 is 0 Å². The molecule has 0 spiro atoms. The van der Waals surface area contributed by atoms with E-state index in [1.165, 1.54) is 0 Å². The van der Waals surface area contributed by atoms with Gasteiger partial charge in [-0.2, -0.15) is 0 Å². The Morgan fingerprint density at radius 3 is 2.45 bits per heavy atom. The molecule has 122 valence electrons. The molecular weight excluding hydrogens is 280 g/mol. The summed E-state index contributed by atoms with van der Waals surface area (Å²) in [5, 5.41) is 2.76. The van der Waals surface area contributed by atoms with Gasteiger partial charge >= 0.3 is 6.09 Å². The first-order chi connectivity index (χ1) is 10.2. The van der Waals surface area contributed by atoms with Crippen molar-refractivity contribution in [1.29, 1.82) is 0 Å². The lowest BCUT2D eigenvalue weighted by Crippen LogP contribution is -2.33. The summed E-state index contributed by atoms with van der Waals surface area (Å²) in [7, 11) is 1.57. The molecule has 0 heterocycles. The van der Waals surface area contributed by atoms with Crippen LogP contribution in [0.15, 0.2) is 18.2 Å². The van der Waals surface area contributed by atoms with Crippen LogP contribution in [0.25, 0.3) is 0 Å². The Kier molecular flexibility index (Phi) is 4.66. The standard InChI is InChI=1S/C17H26N2O3/c1-16(2,3)22-15(20)19-13-11-12(7-8-14(13)21-4)17(18)9-5-6-10-17/h7-8,11H,5-6,9-10,18H2,1-4H3,(H,19,20). The Bertz CT molecular complexity index is 543. The van der Waals surface area contributed by atoms with Crippen molar-refractivity contribution in [2.24, 2.45) is 5.73 Å². The lowest BCUT2D eigenvalue weighted by Gasteiger charge is -2.26. The molecule has 5 nitrogen and oxygen atoms in total. The minimum Gasteiger partial charge on any atom is -0.495 e. The zero-order chi connectivity index (χ0) is 16.4. The predicted octanol–water partition coefficient (Wildman–Crippen LogP) is 3.77. The molecule has 0 bridgehead atoms. The maximum absolute atomic E-state index is 12.0. The second-order valence-electron chi connectivity index (χ2n) is 6.91. The molecule has 1 aliphatic carbocycles. The van der Waals surface area contributed by atoms with E-state index in [0.29, 0.717) is 11.4 Å². The number of hydrogen-bond donors (Lipinski definition) is 2. The topological polar surface area (TPSA) is 73.6 Å². The summed E-state index contributed by atoms with van der Waals surface area (Å²) in [5.41, 5.74) is 7.25. The molecular formula is C17H26N2O3. The van der Waals surface area contributed by atoms with Crippen molar-refractivity contribution in [3.05, 3.63) is 23.8 Å². The molecule has 22 heavy (non-hydrogen) atoms. The van der Waals surface area contributed by atoms with E-state index in [9.17, 15) is 4.79 Å². The Hall–Kier alpha value is -1.75. The number of nitrogens with one attached hydrogen (secondary N) is 1. The number of hydrogen-bond acceptors (Lipinski definition) is 4. The van der Waals surface area contributed by atoms with Gasteiger partial charge in [0, 0.05) is 5.54 Å². The second kappa shape index (κ2) is 6.16. The first-order valence-corrected chi connectivity index (χ1v) is 7.71. The van der Waals surface area contributed by atoms with Crippen LogP contribution >= 0.6 is 0 Å². The molecule has 0 atom stereocenters. The van der Waals surface area contributed by atoms with E-state index in [1.54, 1.807) is 7.11 Å². The molecule has 2 rings (SSSR count). The summed E-state index contributed by atoms with van der Waals surface area (Å²) in [6.45, 7) is 5.48. The highest BCUT2D eigenvalue weighted by atomic mass is 16.6. The van der Waals surface area contributed by atoms with Gasteiger partial charge in [0.25, 0.3) is 0 Å². The van der Waals surface area contributed by atoms with Crippen molar-refractivity contribution in [2.75, 3.05) is 12.4 Å². The number of anilines is 1. The molecule has 3 N–H and O–H groups in total. The molecule has 0 saturated heterocycles. The lowest BCUT2D eigenvalue weighted by molar-refractivity contribution is 0.0635. The van der Waals surface area contributed by atoms with Gasteiger partial charge in [-0.1, -0.05) is 18.9 Å². The maximum Gasteiger partial charge on any atom is 0.412 e. The fourth-order valence-electron chi connectivity index (χ4n) is 2.82. The Morgan fingerprint density at radius 2 is 1.91 bits per heavy atom. The number of ether oxygens (including phenoxy) is 2. The van der Waals surface area contributed by atoms with Crippen LogP contribution in [-0.4, -0.2) is 18.8 Å². The van der Waals surface area contributed by atoms with E-state index in [4.69, 9.17) is 15.2 Å². The average Bonchev–Trinajstić information content (AvgIpc) is 2.84. The molecule has 1 aromatic carbocycles. The number of carbonyl (C=O) groups excluding carboxylic acids is 1. The third kappa shape index (κ3) is 3.91. The number of rotatable bonds is 3. The molecule has 0 aliphatic heterocycles. The molecule has 1 aromatic rings. The van der Waals surface area contributed by atoms with Gasteiger partial charge < -0.3 is 15.2 Å². The monoisotopic (exact) mass is 306 g/mol. The van der Waals surface area contributed by atoms with Gasteiger partial charge in [0.1, 0.15) is 11.4 Å². The number of benzene rings is 1.